The molecule has 0 aromatic rings. The fraction of sp³-hybridized carbons (Fsp3) is 0.676. The molecular formula is C37H60O6. The average molecular weight is 601 g/mol. The molecule has 2 unspecified atom stereocenters. The maximum atomic E-state index is 12.0. The third kappa shape index (κ3) is 24.7. The zero-order valence-corrected chi connectivity index (χ0v) is 27.3. The van der Waals surface area contributed by atoms with E-state index in [0.29, 0.717) is 25.0 Å². The maximum absolute atomic E-state index is 12.0. The molecule has 0 amide bonds. The SMILES string of the molecule is CC/C=C\CC1OC1C/C=C\C/C=C\C/C=C\C/C=C\CCC(=O)OC[C@H](CO)OC(=O)CCCCCCCCC(C)C. The van der Waals surface area contributed by atoms with Crippen molar-refractivity contribution in [2.24, 2.45) is 5.92 Å². The molecule has 1 aliphatic rings. The first kappa shape index (κ1) is 38.6. The predicted octanol–water partition coefficient (Wildman–Crippen LogP) is 8.90. The van der Waals surface area contributed by atoms with Crippen molar-refractivity contribution >= 4 is 11.9 Å². The number of carbonyl (C=O) groups is 2. The lowest BCUT2D eigenvalue weighted by Crippen LogP contribution is -2.28. The van der Waals surface area contributed by atoms with Gasteiger partial charge in [-0.1, -0.05) is 120 Å². The zero-order chi connectivity index (χ0) is 31.4. The van der Waals surface area contributed by atoms with E-state index in [2.05, 4.69) is 69.4 Å². The third-order valence-corrected chi connectivity index (χ3v) is 7.17. The number of hydrogen-bond donors (Lipinski definition) is 1. The van der Waals surface area contributed by atoms with E-state index in [0.717, 1.165) is 63.7 Å². The van der Waals surface area contributed by atoms with Crippen LogP contribution >= 0.6 is 0 Å². The standard InChI is InChI=1S/C37H60O6/c1-4-5-20-26-34-35(43-34)27-22-17-12-10-8-6-7-9-11-13-18-23-28-36(39)41-31-33(30-38)42-37(40)29-24-19-15-14-16-21-25-32(2)3/h5,7-10,13,17-18,20,22,32-35,38H,4,6,11-12,14-16,19,21,23-31H2,1-3H3/b9-7-,10-8-,18-13-,20-5-,22-17-/t33-,34?,35?/m0/s1. The van der Waals surface area contributed by atoms with Crippen molar-refractivity contribution in [2.75, 3.05) is 13.2 Å². The summed E-state index contributed by atoms with van der Waals surface area (Å²) in [6.45, 7) is 6.17. The highest BCUT2D eigenvalue weighted by molar-refractivity contribution is 5.70. The lowest BCUT2D eigenvalue weighted by atomic mass is 10.0. The Bertz CT molecular complexity index is 853. The number of aliphatic hydroxyl groups excluding tert-OH is 1. The summed E-state index contributed by atoms with van der Waals surface area (Å²) in [5.41, 5.74) is 0. The zero-order valence-electron chi connectivity index (χ0n) is 27.3. The number of allylic oxidation sites excluding steroid dienone is 8. The molecular weight excluding hydrogens is 540 g/mol. The topological polar surface area (TPSA) is 85.4 Å². The lowest BCUT2D eigenvalue weighted by molar-refractivity contribution is -0.161. The second-order valence-corrected chi connectivity index (χ2v) is 11.7. The number of hydrogen-bond acceptors (Lipinski definition) is 6. The quantitative estimate of drug-likeness (QED) is 0.0439. The van der Waals surface area contributed by atoms with Gasteiger partial charge in [0, 0.05) is 12.8 Å². The molecule has 0 aromatic carbocycles. The summed E-state index contributed by atoms with van der Waals surface area (Å²) in [6.07, 6.45) is 36.3. The first-order chi connectivity index (χ1) is 21.0. The van der Waals surface area contributed by atoms with Crippen LogP contribution in [0.1, 0.15) is 124 Å². The van der Waals surface area contributed by atoms with Crippen LogP contribution in [-0.2, 0) is 23.8 Å². The second-order valence-electron chi connectivity index (χ2n) is 11.7. The molecule has 6 heteroatoms. The summed E-state index contributed by atoms with van der Waals surface area (Å²) in [7, 11) is 0. The molecule has 6 nitrogen and oxygen atoms in total. The van der Waals surface area contributed by atoms with Gasteiger partial charge in [0.1, 0.15) is 6.61 Å². The molecule has 0 saturated carbocycles. The minimum absolute atomic E-state index is 0.112. The number of rotatable bonds is 27. The van der Waals surface area contributed by atoms with Crippen molar-refractivity contribution in [1.29, 1.82) is 0 Å². The normalized spacial score (nSPS) is 17.8. The molecule has 0 aliphatic carbocycles. The summed E-state index contributed by atoms with van der Waals surface area (Å²) in [5, 5.41) is 9.47. The Balaban J connectivity index is 1.98. The Labute approximate surface area is 262 Å². The maximum Gasteiger partial charge on any atom is 0.306 e. The van der Waals surface area contributed by atoms with Crippen LogP contribution in [0.3, 0.4) is 0 Å². The highest BCUT2D eigenvalue weighted by atomic mass is 16.6. The number of ether oxygens (including phenoxy) is 3. The van der Waals surface area contributed by atoms with Gasteiger partial charge in [0.05, 0.1) is 18.8 Å². The summed E-state index contributed by atoms with van der Waals surface area (Å²) in [6, 6.07) is 0. The number of aliphatic hydroxyl groups is 1. The van der Waals surface area contributed by atoms with Gasteiger partial charge in [-0.3, -0.25) is 9.59 Å². The minimum atomic E-state index is -0.804. The molecule has 43 heavy (non-hydrogen) atoms. The smallest absolute Gasteiger partial charge is 0.306 e. The summed E-state index contributed by atoms with van der Waals surface area (Å²) >= 11 is 0. The van der Waals surface area contributed by atoms with E-state index < -0.39 is 6.10 Å². The van der Waals surface area contributed by atoms with E-state index in [9.17, 15) is 14.7 Å². The average Bonchev–Trinajstić information content (AvgIpc) is 3.74. The Morgan fingerprint density at radius 3 is 1.88 bits per heavy atom. The van der Waals surface area contributed by atoms with Crippen LogP contribution in [0.2, 0.25) is 0 Å². The Morgan fingerprint density at radius 1 is 0.721 bits per heavy atom. The van der Waals surface area contributed by atoms with Gasteiger partial charge in [-0.25, -0.2) is 0 Å². The summed E-state index contributed by atoms with van der Waals surface area (Å²) in [4.78, 5) is 24.0. The second kappa shape index (κ2) is 27.1. The minimum Gasteiger partial charge on any atom is -0.462 e. The van der Waals surface area contributed by atoms with Gasteiger partial charge in [-0.15, -0.1) is 0 Å². The molecule has 0 spiro atoms. The fourth-order valence-corrected chi connectivity index (χ4v) is 4.51. The molecule has 3 atom stereocenters. The van der Waals surface area contributed by atoms with Crippen LogP contribution in [0.4, 0.5) is 0 Å². The van der Waals surface area contributed by atoms with Crippen molar-refractivity contribution in [3.8, 4) is 0 Å². The van der Waals surface area contributed by atoms with E-state index in [1.54, 1.807) is 0 Å². The largest absolute Gasteiger partial charge is 0.462 e. The molecule has 0 aromatic heterocycles. The van der Waals surface area contributed by atoms with E-state index >= 15 is 0 Å². The van der Waals surface area contributed by atoms with Crippen LogP contribution < -0.4 is 0 Å². The highest BCUT2D eigenvalue weighted by Gasteiger charge is 2.35. The van der Waals surface area contributed by atoms with Gasteiger partial charge < -0.3 is 19.3 Å². The predicted molar refractivity (Wildman–Crippen MR) is 177 cm³/mol. The van der Waals surface area contributed by atoms with Gasteiger partial charge in [-0.2, -0.15) is 0 Å². The number of epoxide rings is 1. The van der Waals surface area contributed by atoms with Crippen LogP contribution in [-0.4, -0.2) is 48.6 Å². The van der Waals surface area contributed by atoms with Gasteiger partial charge in [-0.05, 0) is 57.3 Å². The first-order valence-electron chi connectivity index (χ1n) is 16.8. The van der Waals surface area contributed by atoms with Crippen LogP contribution in [0, 0.1) is 5.92 Å². The summed E-state index contributed by atoms with van der Waals surface area (Å²) in [5.74, 6) is 0.0575. The van der Waals surface area contributed by atoms with Crippen molar-refractivity contribution in [3.63, 3.8) is 0 Å². The van der Waals surface area contributed by atoms with Crippen molar-refractivity contribution in [2.45, 2.75) is 142 Å². The highest BCUT2D eigenvalue weighted by Crippen LogP contribution is 2.29. The van der Waals surface area contributed by atoms with Crippen LogP contribution in [0.5, 0.6) is 0 Å². The molecule has 244 valence electrons. The number of esters is 2. The van der Waals surface area contributed by atoms with Gasteiger partial charge in [0.25, 0.3) is 0 Å². The van der Waals surface area contributed by atoms with Gasteiger partial charge in [0.15, 0.2) is 6.10 Å². The van der Waals surface area contributed by atoms with Crippen molar-refractivity contribution in [3.05, 3.63) is 60.8 Å². The molecule has 1 saturated heterocycles. The Morgan fingerprint density at radius 2 is 1.28 bits per heavy atom. The van der Waals surface area contributed by atoms with Crippen LogP contribution in [0.25, 0.3) is 0 Å². The monoisotopic (exact) mass is 600 g/mol. The van der Waals surface area contributed by atoms with Crippen molar-refractivity contribution < 1.29 is 28.9 Å². The molecule has 1 aliphatic heterocycles. The molecule has 0 bridgehead atoms. The van der Waals surface area contributed by atoms with Crippen LogP contribution in [0.15, 0.2) is 60.8 Å². The Hall–Kier alpha value is -2.44. The van der Waals surface area contributed by atoms with E-state index in [-0.39, 0.29) is 31.6 Å². The van der Waals surface area contributed by atoms with Crippen molar-refractivity contribution in [1.82, 2.24) is 0 Å². The number of carbonyl (C=O) groups excluding carboxylic acids is 2. The van der Waals surface area contributed by atoms with E-state index in [1.165, 1.54) is 25.7 Å². The molecule has 1 heterocycles. The van der Waals surface area contributed by atoms with Gasteiger partial charge >= 0.3 is 11.9 Å². The third-order valence-electron chi connectivity index (χ3n) is 7.17. The molecule has 1 N–H and O–H groups in total. The molecule has 1 fully saturated rings. The Kier molecular flexibility index (Phi) is 24.3. The van der Waals surface area contributed by atoms with E-state index in [4.69, 9.17) is 14.2 Å². The first-order valence-corrected chi connectivity index (χ1v) is 16.8. The fourth-order valence-electron chi connectivity index (χ4n) is 4.51. The summed E-state index contributed by atoms with van der Waals surface area (Å²) < 4.78 is 16.1. The van der Waals surface area contributed by atoms with Gasteiger partial charge in [0.2, 0.25) is 0 Å². The number of unbranched alkanes of at least 4 members (excludes halogenated alkanes) is 5. The van der Waals surface area contributed by atoms with E-state index in [1.807, 2.05) is 12.2 Å². The molecule has 1 rings (SSSR count). The molecule has 0 radical (unpaired) electrons. The lowest BCUT2D eigenvalue weighted by Gasteiger charge is -2.15.